The van der Waals surface area contributed by atoms with Crippen LogP contribution in [0.1, 0.15) is 66.7 Å². The average molecular weight is 281 g/mol. The zero-order valence-corrected chi connectivity index (χ0v) is 13.4. The summed E-state index contributed by atoms with van der Waals surface area (Å²) in [5.41, 5.74) is -0.821. The predicted molar refractivity (Wildman–Crippen MR) is 77.5 cm³/mol. The number of carbonyl (C=O) groups excluding carboxylic acids is 2. The third-order valence-corrected chi connectivity index (χ3v) is 4.60. The number of esters is 1. The molecule has 2 bridgehead atoms. The van der Waals surface area contributed by atoms with E-state index < -0.39 is 5.60 Å². The number of carbonyl (C=O) groups is 2. The van der Waals surface area contributed by atoms with Crippen molar-refractivity contribution in [1.82, 2.24) is 4.90 Å². The van der Waals surface area contributed by atoms with Crippen molar-refractivity contribution in [3.8, 4) is 0 Å². The van der Waals surface area contributed by atoms with Gasteiger partial charge in [0.2, 0.25) is 0 Å². The van der Waals surface area contributed by atoms with E-state index in [1.54, 1.807) is 0 Å². The minimum absolute atomic E-state index is 0.181. The van der Waals surface area contributed by atoms with Crippen molar-refractivity contribution in [2.24, 2.45) is 0 Å². The van der Waals surface area contributed by atoms with Gasteiger partial charge in [0.25, 0.3) is 0 Å². The van der Waals surface area contributed by atoms with Crippen LogP contribution in [0.2, 0.25) is 0 Å². The number of Topliss-reactive ketones (excluding diaryl/α,β-unsaturated/α-hetero) is 1. The molecule has 2 saturated heterocycles. The summed E-state index contributed by atoms with van der Waals surface area (Å²) in [7, 11) is 0. The topological polar surface area (TPSA) is 46.6 Å². The molecule has 4 heteroatoms. The maximum absolute atomic E-state index is 12.2. The fourth-order valence-electron chi connectivity index (χ4n) is 3.94. The number of rotatable bonds is 2. The summed E-state index contributed by atoms with van der Waals surface area (Å²) in [5, 5.41) is 0. The second kappa shape index (κ2) is 4.83. The van der Waals surface area contributed by atoms with Crippen LogP contribution < -0.4 is 0 Å². The van der Waals surface area contributed by atoms with Gasteiger partial charge in [-0.3, -0.25) is 14.5 Å². The predicted octanol–water partition coefficient (Wildman–Crippen LogP) is 2.69. The van der Waals surface area contributed by atoms with E-state index in [0.717, 1.165) is 19.3 Å². The molecule has 20 heavy (non-hydrogen) atoms. The van der Waals surface area contributed by atoms with Gasteiger partial charge in [-0.1, -0.05) is 0 Å². The lowest BCUT2D eigenvalue weighted by molar-refractivity contribution is -0.169. The average Bonchev–Trinajstić information content (AvgIpc) is 2.18. The largest absolute Gasteiger partial charge is 0.459 e. The molecule has 114 valence electrons. The van der Waals surface area contributed by atoms with E-state index in [9.17, 15) is 9.59 Å². The van der Waals surface area contributed by atoms with Crippen LogP contribution in [0, 0.1) is 0 Å². The Labute approximate surface area is 121 Å². The second-order valence-corrected chi connectivity index (χ2v) is 7.91. The molecule has 0 amide bonds. The molecule has 0 saturated carbocycles. The van der Waals surface area contributed by atoms with Crippen LogP contribution in [-0.4, -0.2) is 39.9 Å². The number of ketones is 1. The first-order valence-electron chi connectivity index (χ1n) is 7.55. The van der Waals surface area contributed by atoms with Crippen molar-refractivity contribution in [3.63, 3.8) is 0 Å². The first-order chi connectivity index (χ1) is 9.04. The minimum atomic E-state index is -0.459. The van der Waals surface area contributed by atoms with Gasteiger partial charge in [-0.25, -0.2) is 0 Å². The van der Waals surface area contributed by atoms with Crippen molar-refractivity contribution < 1.29 is 14.3 Å². The van der Waals surface area contributed by atoms with Gasteiger partial charge in [0, 0.05) is 23.9 Å². The Kier molecular flexibility index (Phi) is 3.74. The SMILES string of the molecule is CC(C)(C)OC(=O)CN1C2(C)CCCC1(C)CC(=O)C2. The Morgan fingerprint density at radius 1 is 1.20 bits per heavy atom. The number of hydrogen-bond donors (Lipinski definition) is 0. The quantitative estimate of drug-likeness (QED) is 0.730. The van der Waals surface area contributed by atoms with Crippen molar-refractivity contribution in [1.29, 1.82) is 0 Å². The Morgan fingerprint density at radius 2 is 1.70 bits per heavy atom. The van der Waals surface area contributed by atoms with E-state index in [1.807, 2.05) is 20.8 Å². The maximum Gasteiger partial charge on any atom is 0.320 e. The van der Waals surface area contributed by atoms with E-state index in [1.165, 1.54) is 0 Å². The molecule has 0 radical (unpaired) electrons. The Morgan fingerprint density at radius 3 is 2.15 bits per heavy atom. The lowest BCUT2D eigenvalue weighted by Crippen LogP contribution is -2.67. The zero-order valence-electron chi connectivity index (χ0n) is 13.4. The van der Waals surface area contributed by atoms with Gasteiger partial charge in [0.15, 0.2) is 0 Å². The molecule has 2 fully saturated rings. The van der Waals surface area contributed by atoms with Gasteiger partial charge in [-0.15, -0.1) is 0 Å². The Bertz CT molecular complexity index is 404. The smallest absolute Gasteiger partial charge is 0.320 e. The van der Waals surface area contributed by atoms with Crippen molar-refractivity contribution in [2.75, 3.05) is 6.54 Å². The monoisotopic (exact) mass is 281 g/mol. The van der Waals surface area contributed by atoms with Gasteiger partial charge in [-0.05, 0) is 53.9 Å². The lowest BCUT2D eigenvalue weighted by Gasteiger charge is -2.58. The zero-order chi connectivity index (χ0) is 15.2. The highest BCUT2D eigenvalue weighted by molar-refractivity contribution is 5.83. The maximum atomic E-state index is 12.2. The summed E-state index contributed by atoms with van der Waals surface area (Å²) in [6.45, 7) is 10.2. The minimum Gasteiger partial charge on any atom is -0.459 e. The van der Waals surface area contributed by atoms with Crippen molar-refractivity contribution in [3.05, 3.63) is 0 Å². The molecule has 0 aliphatic carbocycles. The molecular weight excluding hydrogens is 254 g/mol. The molecule has 0 aromatic carbocycles. The number of hydrogen-bond acceptors (Lipinski definition) is 4. The number of piperidine rings is 2. The van der Waals surface area contributed by atoms with Crippen LogP contribution >= 0.6 is 0 Å². The van der Waals surface area contributed by atoms with Gasteiger partial charge < -0.3 is 4.74 Å². The van der Waals surface area contributed by atoms with E-state index in [0.29, 0.717) is 18.6 Å². The molecule has 4 nitrogen and oxygen atoms in total. The highest BCUT2D eigenvalue weighted by Crippen LogP contribution is 2.46. The van der Waals surface area contributed by atoms with E-state index in [2.05, 4.69) is 18.7 Å². The molecule has 2 unspecified atom stereocenters. The number of fused-ring (bicyclic) bond motifs is 2. The molecule has 0 spiro atoms. The standard InChI is InChI=1S/C16H27NO3/c1-14(2,3)20-13(19)11-17-15(4)7-6-8-16(17,5)10-12(18)9-15/h6-11H2,1-5H3. The van der Waals surface area contributed by atoms with Crippen LogP contribution in [0.4, 0.5) is 0 Å². The van der Waals surface area contributed by atoms with Crippen LogP contribution in [0.3, 0.4) is 0 Å². The number of nitrogens with zero attached hydrogens (tertiary/aromatic N) is 1. The van der Waals surface area contributed by atoms with Gasteiger partial charge >= 0.3 is 5.97 Å². The van der Waals surface area contributed by atoms with E-state index in [-0.39, 0.29) is 23.6 Å². The third-order valence-electron chi connectivity index (χ3n) is 4.60. The number of ether oxygens (including phenoxy) is 1. The molecule has 2 aliphatic rings. The fourth-order valence-corrected chi connectivity index (χ4v) is 3.94. The Balaban J connectivity index is 2.17. The summed E-state index contributed by atoms with van der Waals surface area (Å²) in [4.78, 5) is 26.4. The summed E-state index contributed by atoms with van der Waals surface area (Å²) >= 11 is 0. The third kappa shape index (κ3) is 3.05. The molecule has 2 atom stereocenters. The van der Waals surface area contributed by atoms with Gasteiger partial charge in [-0.2, -0.15) is 0 Å². The first kappa shape index (κ1) is 15.5. The van der Waals surface area contributed by atoms with E-state index in [4.69, 9.17) is 4.74 Å². The van der Waals surface area contributed by atoms with Gasteiger partial charge in [0.1, 0.15) is 11.4 Å². The molecular formula is C16H27NO3. The molecule has 0 N–H and O–H groups in total. The molecule has 0 aromatic rings. The summed E-state index contributed by atoms with van der Waals surface area (Å²) < 4.78 is 5.46. The Hall–Kier alpha value is -0.900. The van der Waals surface area contributed by atoms with Crippen LogP contribution in [0.25, 0.3) is 0 Å². The van der Waals surface area contributed by atoms with Gasteiger partial charge in [0.05, 0.1) is 6.54 Å². The van der Waals surface area contributed by atoms with Crippen molar-refractivity contribution >= 4 is 11.8 Å². The molecule has 2 heterocycles. The fraction of sp³-hybridized carbons (Fsp3) is 0.875. The second-order valence-electron chi connectivity index (χ2n) is 7.91. The highest BCUT2D eigenvalue weighted by atomic mass is 16.6. The lowest BCUT2D eigenvalue weighted by atomic mass is 9.68. The molecule has 2 rings (SSSR count). The summed E-state index contributed by atoms with van der Waals surface area (Å²) in [5.74, 6) is 0.140. The normalized spacial score (nSPS) is 35.0. The van der Waals surface area contributed by atoms with Crippen LogP contribution in [0.15, 0.2) is 0 Å². The highest BCUT2D eigenvalue weighted by Gasteiger charge is 2.52. The molecule has 2 aliphatic heterocycles. The summed E-state index contributed by atoms with van der Waals surface area (Å²) in [6, 6.07) is 0. The first-order valence-corrected chi connectivity index (χ1v) is 7.55. The summed E-state index contributed by atoms with van der Waals surface area (Å²) in [6.07, 6.45) is 4.22. The molecule has 0 aromatic heterocycles. The van der Waals surface area contributed by atoms with Crippen molar-refractivity contribution in [2.45, 2.75) is 83.4 Å². The van der Waals surface area contributed by atoms with Crippen LogP contribution in [-0.2, 0) is 14.3 Å². The van der Waals surface area contributed by atoms with E-state index >= 15 is 0 Å². The van der Waals surface area contributed by atoms with Crippen LogP contribution in [0.5, 0.6) is 0 Å².